The summed E-state index contributed by atoms with van der Waals surface area (Å²) < 4.78 is 1.47. The number of carbonyl (C=O) groups is 1. The zero-order valence-corrected chi connectivity index (χ0v) is 18.5. The number of rotatable bonds is 7. The molecular weight excluding hydrogens is 416 g/mol. The molecule has 0 spiro atoms. The van der Waals surface area contributed by atoms with Crippen LogP contribution in [0.15, 0.2) is 78.9 Å². The Morgan fingerprint density at radius 1 is 0.970 bits per heavy atom. The van der Waals surface area contributed by atoms with Crippen LogP contribution in [-0.4, -0.2) is 27.2 Å². The molecule has 1 amide bonds. The minimum absolute atomic E-state index is 0.0637. The lowest BCUT2D eigenvalue weighted by Gasteiger charge is -2.08. The van der Waals surface area contributed by atoms with Gasteiger partial charge in [-0.15, -0.1) is 0 Å². The van der Waals surface area contributed by atoms with Gasteiger partial charge in [-0.05, 0) is 55.2 Å². The maximum absolute atomic E-state index is 13.1. The second-order valence-electron chi connectivity index (χ2n) is 7.89. The summed E-state index contributed by atoms with van der Waals surface area (Å²) >= 11 is 0. The number of nitrogens with zero attached hydrogens (tertiary/aromatic N) is 3. The Balaban J connectivity index is 1.68. The molecule has 7 heteroatoms. The van der Waals surface area contributed by atoms with E-state index in [4.69, 9.17) is 0 Å². The van der Waals surface area contributed by atoms with Crippen LogP contribution >= 0.6 is 0 Å². The number of aromatic nitrogens is 2. The second-order valence-corrected chi connectivity index (χ2v) is 7.89. The van der Waals surface area contributed by atoms with Crippen molar-refractivity contribution in [3.8, 4) is 16.9 Å². The largest absolute Gasteiger partial charge is 0.350 e. The topological polar surface area (TPSA) is 90.1 Å². The first-order chi connectivity index (χ1) is 15.9. The fourth-order valence-corrected chi connectivity index (χ4v) is 3.58. The van der Waals surface area contributed by atoms with Crippen molar-refractivity contribution in [2.45, 2.75) is 20.3 Å². The highest BCUT2D eigenvalue weighted by atomic mass is 16.6. The number of hydrogen-bond donors (Lipinski definition) is 1. The number of carbonyl (C=O) groups excluding carboxylic acids is 1. The van der Waals surface area contributed by atoms with E-state index in [1.807, 2.05) is 62.4 Å². The summed E-state index contributed by atoms with van der Waals surface area (Å²) in [5.74, 6) is -0.292. The van der Waals surface area contributed by atoms with Gasteiger partial charge < -0.3 is 5.32 Å². The van der Waals surface area contributed by atoms with E-state index in [1.54, 1.807) is 18.2 Å². The van der Waals surface area contributed by atoms with E-state index in [0.717, 1.165) is 22.3 Å². The maximum atomic E-state index is 13.1. The van der Waals surface area contributed by atoms with Crippen molar-refractivity contribution in [3.63, 3.8) is 0 Å². The summed E-state index contributed by atoms with van der Waals surface area (Å²) in [5, 5.41) is 18.9. The second kappa shape index (κ2) is 9.48. The number of nitro benzene ring substituents is 1. The summed E-state index contributed by atoms with van der Waals surface area (Å²) in [5.41, 5.74) is 5.61. The molecule has 0 saturated heterocycles. The highest BCUT2D eigenvalue weighted by molar-refractivity contribution is 5.94. The Kier molecular flexibility index (Phi) is 6.31. The molecule has 166 valence electrons. The Bertz CT molecular complexity index is 1310. The van der Waals surface area contributed by atoms with Crippen molar-refractivity contribution < 1.29 is 9.72 Å². The van der Waals surface area contributed by atoms with Gasteiger partial charge in [0.2, 0.25) is 0 Å². The van der Waals surface area contributed by atoms with Crippen LogP contribution in [0, 0.1) is 24.0 Å². The van der Waals surface area contributed by atoms with E-state index in [-0.39, 0.29) is 11.6 Å². The number of hydrogen-bond acceptors (Lipinski definition) is 4. The van der Waals surface area contributed by atoms with E-state index in [2.05, 4.69) is 10.4 Å². The van der Waals surface area contributed by atoms with Crippen LogP contribution in [0.3, 0.4) is 0 Å². The Morgan fingerprint density at radius 2 is 1.76 bits per heavy atom. The van der Waals surface area contributed by atoms with Crippen molar-refractivity contribution >= 4 is 11.6 Å². The van der Waals surface area contributed by atoms with Gasteiger partial charge in [-0.1, -0.05) is 48.5 Å². The molecule has 1 aromatic heterocycles. The molecule has 0 saturated carbocycles. The first-order valence-corrected chi connectivity index (χ1v) is 10.7. The molecule has 0 unspecified atom stereocenters. The Labute approximate surface area is 191 Å². The molecule has 4 rings (SSSR count). The standard InChI is InChI=1S/C26H24N4O3/c1-18-11-12-21(15-19(18)2)24-17-25(26(31)27-14-13-20-7-4-3-5-8-20)29(28-24)22-9-6-10-23(16-22)30(32)33/h3-12,15-17H,13-14H2,1-2H3,(H,27,31). The minimum atomic E-state index is -0.461. The summed E-state index contributed by atoms with van der Waals surface area (Å²) in [7, 11) is 0. The summed E-state index contributed by atoms with van der Waals surface area (Å²) in [6, 6.07) is 23.7. The third kappa shape index (κ3) is 4.98. The van der Waals surface area contributed by atoms with Gasteiger partial charge in [0.15, 0.2) is 0 Å². The molecule has 1 heterocycles. The van der Waals surface area contributed by atoms with Gasteiger partial charge in [0.25, 0.3) is 11.6 Å². The SMILES string of the molecule is Cc1ccc(-c2cc(C(=O)NCCc3ccccc3)n(-c3cccc([N+](=O)[O-])c3)n2)cc1C. The van der Waals surface area contributed by atoms with Crippen LogP contribution in [-0.2, 0) is 6.42 Å². The van der Waals surface area contributed by atoms with Crippen molar-refractivity contribution in [1.29, 1.82) is 0 Å². The number of nitrogens with one attached hydrogen (secondary N) is 1. The quantitative estimate of drug-likeness (QED) is 0.322. The Morgan fingerprint density at radius 3 is 2.48 bits per heavy atom. The van der Waals surface area contributed by atoms with Crippen molar-refractivity contribution in [2.75, 3.05) is 6.54 Å². The number of non-ortho nitro benzene ring substituents is 1. The van der Waals surface area contributed by atoms with Crippen LogP contribution in [0.2, 0.25) is 0 Å². The molecule has 4 aromatic rings. The Hall–Kier alpha value is -4.26. The summed E-state index contributed by atoms with van der Waals surface area (Å²) in [6.45, 7) is 4.52. The molecular formula is C26H24N4O3. The highest BCUT2D eigenvalue weighted by Crippen LogP contribution is 2.25. The van der Waals surface area contributed by atoms with Gasteiger partial charge in [0.05, 0.1) is 16.3 Å². The smallest absolute Gasteiger partial charge is 0.271 e. The van der Waals surface area contributed by atoms with E-state index in [1.165, 1.54) is 16.8 Å². The van der Waals surface area contributed by atoms with Crippen LogP contribution < -0.4 is 5.32 Å². The summed E-state index contributed by atoms with van der Waals surface area (Å²) in [6.07, 6.45) is 0.696. The molecule has 0 aliphatic carbocycles. The van der Waals surface area contributed by atoms with Crippen LogP contribution in [0.1, 0.15) is 27.2 Å². The molecule has 0 bridgehead atoms. The molecule has 7 nitrogen and oxygen atoms in total. The van der Waals surface area contributed by atoms with Crippen LogP contribution in [0.5, 0.6) is 0 Å². The zero-order valence-electron chi connectivity index (χ0n) is 18.5. The van der Waals surface area contributed by atoms with Crippen molar-refractivity contribution in [3.05, 3.63) is 111 Å². The summed E-state index contributed by atoms with van der Waals surface area (Å²) in [4.78, 5) is 23.9. The van der Waals surface area contributed by atoms with Gasteiger partial charge in [0, 0.05) is 24.2 Å². The van der Waals surface area contributed by atoms with Gasteiger partial charge in [-0.3, -0.25) is 14.9 Å². The van der Waals surface area contributed by atoms with Gasteiger partial charge >= 0.3 is 0 Å². The predicted molar refractivity (Wildman–Crippen MR) is 128 cm³/mol. The van der Waals surface area contributed by atoms with Gasteiger partial charge in [0.1, 0.15) is 5.69 Å². The average molecular weight is 441 g/mol. The van der Waals surface area contributed by atoms with Crippen LogP contribution in [0.25, 0.3) is 16.9 Å². The number of nitro groups is 1. The third-order valence-corrected chi connectivity index (χ3v) is 5.57. The monoisotopic (exact) mass is 440 g/mol. The molecule has 0 radical (unpaired) electrons. The molecule has 0 fully saturated rings. The number of benzene rings is 3. The first-order valence-electron chi connectivity index (χ1n) is 10.7. The molecule has 3 aromatic carbocycles. The lowest BCUT2D eigenvalue weighted by Crippen LogP contribution is -2.27. The fourth-order valence-electron chi connectivity index (χ4n) is 3.58. The highest BCUT2D eigenvalue weighted by Gasteiger charge is 2.19. The third-order valence-electron chi connectivity index (χ3n) is 5.57. The van der Waals surface area contributed by atoms with E-state index >= 15 is 0 Å². The lowest BCUT2D eigenvalue weighted by atomic mass is 10.0. The zero-order chi connectivity index (χ0) is 23.4. The molecule has 0 atom stereocenters. The lowest BCUT2D eigenvalue weighted by molar-refractivity contribution is -0.384. The molecule has 0 aliphatic heterocycles. The fraction of sp³-hybridized carbons (Fsp3) is 0.154. The van der Waals surface area contributed by atoms with Crippen molar-refractivity contribution in [2.24, 2.45) is 0 Å². The van der Waals surface area contributed by atoms with Crippen molar-refractivity contribution in [1.82, 2.24) is 15.1 Å². The number of aryl methyl sites for hydroxylation is 2. The van der Waals surface area contributed by atoms with E-state index in [9.17, 15) is 14.9 Å². The van der Waals surface area contributed by atoms with E-state index < -0.39 is 4.92 Å². The maximum Gasteiger partial charge on any atom is 0.271 e. The first kappa shape index (κ1) is 22.0. The number of amides is 1. The molecule has 0 aliphatic rings. The minimum Gasteiger partial charge on any atom is -0.350 e. The van der Waals surface area contributed by atoms with Gasteiger partial charge in [-0.25, -0.2) is 4.68 Å². The van der Waals surface area contributed by atoms with Gasteiger partial charge in [-0.2, -0.15) is 5.10 Å². The predicted octanol–water partition coefficient (Wildman–Crippen LogP) is 5.04. The molecule has 33 heavy (non-hydrogen) atoms. The van der Waals surface area contributed by atoms with E-state index in [0.29, 0.717) is 30.0 Å². The van der Waals surface area contributed by atoms with Crippen LogP contribution in [0.4, 0.5) is 5.69 Å². The molecule has 1 N–H and O–H groups in total. The normalized spacial score (nSPS) is 10.7. The average Bonchev–Trinajstić information content (AvgIpc) is 3.27.